The van der Waals surface area contributed by atoms with E-state index in [1.54, 1.807) is 0 Å². The van der Waals surface area contributed by atoms with Crippen LogP contribution in [0.4, 0.5) is 42.8 Å². The summed E-state index contributed by atoms with van der Waals surface area (Å²) in [6.07, 6.45) is 27.9. The lowest BCUT2D eigenvalue weighted by atomic mass is 9.98. The number of aryl methyl sites for hydroxylation is 12. The van der Waals surface area contributed by atoms with Crippen LogP contribution in [0, 0.1) is 27.7 Å². The van der Waals surface area contributed by atoms with E-state index in [1.165, 1.54) is 254 Å². The summed E-state index contributed by atoms with van der Waals surface area (Å²) in [6.45, 7) is 27.9. The number of anilines is 8. The average molecular weight is 1370 g/mol. The minimum Gasteiger partial charge on any atom is -0.282 e. The predicted molar refractivity (Wildman–Crippen MR) is 435 cm³/mol. The zero-order chi connectivity index (χ0) is 68.4. The van der Waals surface area contributed by atoms with Crippen molar-refractivity contribution in [3.8, 4) is 41.8 Å². The van der Waals surface area contributed by atoms with Crippen LogP contribution in [0.25, 0.3) is 41.8 Å². The number of benzene rings is 6. The summed E-state index contributed by atoms with van der Waals surface area (Å²) in [5, 5.41) is 4.83. The Morgan fingerprint density at radius 3 is 0.561 bits per heavy atom. The molecule has 0 bridgehead atoms. The Labute approximate surface area is 606 Å². The van der Waals surface area contributed by atoms with Crippen molar-refractivity contribution in [2.45, 2.75) is 237 Å². The van der Waals surface area contributed by atoms with E-state index >= 15 is 0 Å². The molecule has 0 fully saturated rings. The molecule has 4 nitrogen and oxygen atoms in total. The highest BCUT2D eigenvalue weighted by Gasteiger charge is 2.46. The van der Waals surface area contributed by atoms with E-state index in [1.807, 2.05) is 45.3 Å². The van der Waals surface area contributed by atoms with Gasteiger partial charge in [-0.3, -0.25) is 19.6 Å². The van der Waals surface area contributed by atoms with Gasteiger partial charge in [0.25, 0.3) is 0 Å². The van der Waals surface area contributed by atoms with Crippen LogP contribution in [0.1, 0.15) is 225 Å². The van der Waals surface area contributed by atoms with E-state index in [0.717, 1.165) is 63.0 Å². The molecule has 0 unspecified atom stereocenters. The van der Waals surface area contributed by atoms with Crippen LogP contribution in [0.5, 0.6) is 0 Å². The minimum atomic E-state index is 1.10. The van der Waals surface area contributed by atoms with Crippen molar-refractivity contribution in [1.82, 2.24) is 0 Å². The molecule has 6 heterocycles. The normalized spacial score (nSPS) is 12.9. The van der Waals surface area contributed by atoms with Gasteiger partial charge in [0.1, 0.15) is 20.0 Å². The van der Waals surface area contributed by atoms with Gasteiger partial charge >= 0.3 is 0 Å². The molecule has 12 rings (SSSR count). The molecule has 8 heteroatoms. The summed E-state index contributed by atoms with van der Waals surface area (Å²) in [7, 11) is 0. The zero-order valence-electron chi connectivity index (χ0n) is 61.2. The highest BCUT2D eigenvalue weighted by molar-refractivity contribution is 7.21. The molecule has 0 aliphatic carbocycles. The van der Waals surface area contributed by atoms with Gasteiger partial charge in [0.2, 0.25) is 0 Å². The first-order valence-corrected chi connectivity index (χ1v) is 41.2. The molecule has 98 heavy (non-hydrogen) atoms. The smallest absolute Gasteiger partial charge is 0.167 e. The van der Waals surface area contributed by atoms with Crippen LogP contribution in [0.15, 0.2) is 157 Å². The molecule has 0 spiro atoms. The molecule has 0 amide bonds. The molecular weight excluding hydrogens is 1270 g/mol. The maximum atomic E-state index is 2.70. The lowest BCUT2D eigenvalue weighted by Gasteiger charge is -2.32. The quantitative estimate of drug-likeness (QED) is 0.0417. The predicted octanol–water partition coefficient (Wildman–Crippen LogP) is 29.0. The topological polar surface area (TPSA) is 13.0 Å². The SMILES string of the molecule is CCCCc1cc(CCCC)cc(-c2ccc(N3C(=C4N(c5ccc(-c6cc(CCCC)cc(CCCC)c6)s5)c5cc(C)c(C)cc5N4c4ccc(-c5cc(CCCC)cc(CCCC)c5)s4)N(c4ccc(-c5cc(CCCC)cc(CCCC)c5)s4)c4cc(C)c(C)cc43)s2)c1. The molecule has 10 aromatic rings. The van der Waals surface area contributed by atoms with Crippen LogP contribution in [-0.4, -0.2) is 0 Å². The Balaban J connectivity index is 1.16. The van der Waals surface area contributed by atoms with Crippen molar-refractivity contribution in [3.05, 3.63) is 224 Å². The van der Waals surface area contributed by atoms with E-state index < -0.39 is 0 Å². The summed E-state index contributed by atoms with van der Waals surface area (Å²) in [5.74, 6) is 2.27. The van der Waals surface area contributed by atoms with E-state index in [-0.39, 0.29) is 0 Å². The molecule has 0 saturated carbocycles. The first kappa shape index (κ1) is 70.9. The summed E-state index contributed by atoms with van der Waals surface area (Å²) in [6, 6.07) is 59.7. The van der Waals surface area contributed by atoms with Crippen molar-refractivity contribution >= 4 is 88.1 Å². The number of fused-ring (bicyclic) bond motifs is 2. The summed E-state index contributed by atoms with van der Waals surface area (Å²) < 4.78 is 0. The number of nitrogens with zero attached hydrogens (tertiary/aromatic N) is 4. The molecule has 0 N–H and O–H groups in total. The Kier molecular flexibility index (Phi) is 23.9. The lowest BCUT2D eigenvalue weighted by Crippen LogP contribution is -2.32. The second kappa shape index (κ2) is 33.0. The van der Waals surface area contributed by atoms with Crippen LogP contribution in [0.3, 0.4) is 0 Å². The van der Waals surface area contributed by atoms with E-state index in [4.69, 9.17) is 0 Å². The second-order valence-electron chi connectivity index (χ2n) is 28.4. The van der Waals surface area contributed by atoms with E-state index in [0.29, 0.717) is 0 Å². The van der Waals surface area contributed by atoms with Gasteiger partial charge in [-0.05, 0) is 292 Å². The van der Waals surface area contributed by atoms with Crippen molar-refractivity contribution in [2.75, 3.05) is 19.6 Å². The molecule has 4 aromatic heterocycles. The molecule has 6 aromatic carbocycles. The second-order valence-corrected chi connectivity index (χ2v) is 32.6. The van der Waals surface area contributed by atoms with Crippen LogP contribution < -0.4 is 19.6 Å². The van der Waals surface area contributed by atoms with Gasteiger partial charge in [0.15, 0.2) is 11.6 Å². The number of hydrogen-bond donors (Lipinski definition) is 0. The van der Waals surface area contributed by atoms with Crippen molar-refractivity contribution in [1.29, 1.82) is 0 Å². The van der Waals surface area contributed by atoms with Gasteiger partial charge in [-0.1, -0.05) is 180 Å². The maximum Gasteiger partial charge on any atom is 0.167 e. The highest BCUT2D eigenvalue weighted by atomic mass is 32.1. The fraction of sp³-hybridized carbons (Fsp3) is 0.400. The van der Waals surface area contributed by atoms with Gasteiger partial charge in [0, 0.05) is 19.5 Å². The van der Waals surface area contributed by atoms with Crippen molar-refractivity contribution < 1.29 is 0 Å². The fourth-order valence-corrected chi connectivity index (χ4v) is 18.5. The Morgan fingerprint density at radius 2 is 0.398 bits per heavy atom. The number of rotatable bonds is 32. The summed E-state index contributed by atoms with van der Waals surface area (Å²) in [5.41, 5.74) is 27.0. The molecule has 0 saturated heterocycles. The van der Waals surface area contributed by atoms with E-state index in [9.17, 15) is 0 Å². The number of unbranched alkanes of at least 4 members (excludes halogenated alkanes) is 8. The Hall–Kier alpha value is -6.94. The largest absolute Gasteiger partial charge is 0.282 e. The number of hydrogen-bond acceptors (Lipinski definition) is 8. The Bertz CT molecular complexity index is 3730. The van der Waals surface area contributed by atoms with Crippen LogP contribution >= 0.6 is 45.3 Å². The minimum absolute atomic E-state index is 1.10. The molecule has 2 aliphatic heterocycles. The summed E-state index contributed by atoms with van der Waals surface area (Å²) in [4.78, 5) is 16.0. The first-order valence-electron chi connectivity index (χ1n) is 37.9. The molecule has 0 radical (unpaired) electrons. The Morgan fingerprint density at radius 1 is 0.224 bits per heavy atom. The fourth-order valence-electron chi connectivity index (χ4n) is 14.5. The molecule has 512 valence electrons. The van der Waals surface area contributed by atoms with Gasteiger partial charge in [0.05, 0.1) is 22.7 Å². The van der Waals surface area contributed by atoms with Crippen molar-refractivity contribution in [3.63, 3.8) is 0 Å². The number of thiophene rings is 4. The monoisotopic (exact) mass is 1370 g/mol. The standard InChI is InChI=1S/C90H108N4S4/c1-13-21-29-65-49-66(30-22-14-2)54-73(53-65)81-37-41-85(95-81)91-77-45-61(9)62(10)46-78(77)92(86-42-38-82(96-86)74-55-67(31-23-15-3)50-68(56-74)32-24-16-4)89(91)90-93(87-43-39-83(97-87)75-57-69(33-25-17-5)51-70(58-75)34-26-18-6)79-47-63(11)64(12)48-80(79)94(90)88-44-40-84(98-88)76-59-71(35-27-19-7)52-72(60-76)36-28-20-8/h37-60H,13-36H2,1-12H3. The first-order chi connectivity index (χ1) is 47.8. The molecule has 2 aliphatic rings. The van der Waals surface area contributed by atoms with Gasteiger partial charge in [-0.15, -0.1) is 45.3 Å². The van der Waals surface area contributed by atoms with Crippen LogP contribution in [-0.2, 0) is 51.4 Å². The maximum absolute atomic E-state index is 2.70. The average Bonchev–Trinajstić information content (AvgIpc) is 1.53. The summed E-state index contributed by atoms with van der Waals surface area (Å²) >= 11 is 7.80. The highest BCUT2D eigenvalue weighted by Crippen LogP contribution is 2.61. The van der Waals surface area contributed by atoms with Gasteiger partial charge < -0.3 is 0 Å². The van der Waals surface area contributed by atoms with Crippen LogP contribution in [0.2, 0.25) is 0 Å². The third-order valence-corrected chi connectivity index (χ3v) is 24.8. The third-order valence-electron chi connectivity index (χ3n) is 20.3. The van der Waals surface area contributed by atoms with E-state index in [2.05, 4.69) is 248 Å². The van der Waals surface area contributed by atoms with Gasteiger partial charge in [-0.2, -0.15) is 0 Å². The van der Waals surface area contributed by atoms with Crippen molar-refractivity contribution in [2.24, 2.45) is 0 Å². The lowest BCUT2D eigenvalue weighted by molar-refractivity contribution is 0.781. The third kappa shape index (κ3) is 15.8. The van der Waals surface area contributed by atoms with Gasteiger partial charge in [-0.25, -0.2) is 0 Å². The zero-order valence-corrected chi connectivity index (χ0v) is 64.5. The molecular formula is C90H108N4S4. The molecule has 0 atom stereocenters.